The van der Waals surface area contributed by atoms with E-state index in [1.165, 1.54) is 18.3 Å². The Morgan fingerprint density at radius 2 is 1.96 bits per heavy atom. The number of benzene rings is 1. The lowest BCUT2D eigenvalue weighted by Gasteiger charge is -2.23. The van der Waals surface area contributed by atoms with Gasteiger partial charge in [-0.05, 0) is 36.4 Å². The van der Waals surface area contributed by atoms with Crippen molar-refractivity contribution in [2.45, 2.75) is 12.1 Å². The highest BCUT2D eigenvalue weighted by atomic mass is 19.1. The second-order valence-corrected chi connectivity index (χ2v) is 6.92. The van der Waals surface area contributed by atoms with E-state index in [1.54, 1.807) is 42.2 Å². The molecule has 6 nitrogen and oxygen atoms in total. The first-order valence-corrected chi connectivity index (χ1v) is 8.79. The summed E-state index contributed by atoms with van der Waals surface area (Å²) in [5.74, 6) is -0.354. The molecule has 2 aromatic heterocycles. The van der Waals surface area contributed by atoms with Crippen molar-refractivity contribution in [1.29, 1.82) is 0 Å². The molecular weight excluding hydrogens is 366 g/mol. The number of aryl methyl sites for hydroxylation is 1. The normalized spacial score (nSPS) is 19.2. The molecule has 0 aliphatic carbocycles. The second-order valence-electron chi connectivity index (χ2n) is 6.92. The number of carbonyl (C=O) groups is 1. The number of alkyl halides is 1. The number of nitrogens with zero attached hydrogens (tertiary/aromatic N) is 4. The van der Waals surface area contributed by atoms with Gasteiger partial charge in [-0.3, -0.25) is 9.67 Å². The van der Waals surface area contributed by atoms with Crippen molar-refractivity contribution in [1.82, 2.24) is 19.7 Å². The van der Waals surface area contributed by atoms with Crippen LogP contribution in [0.15, 0.2) is 48.8 Å². The molecule has 0 saturated carbocycles. The second kappa shape index (κ2) is 6.70. The number of aromatic nitrogens is 3. The maximum absolute atomic E-state index is 15.8. The van der Waals surface area contributed by atoms with E-state index in [4.69, 9.17) is 0 Å². The lowest BCUT2D eigenvalue weighted by atomic mass is 9.90. The van der Waals surface area contributed by atoms with E-state index >= 15 is 4.39 Å². The molecule has 1 N–H and O–H groups in total. The summed E-state index contributed by atoms with van der Waals surface area (Å²) in [5.41, 5.74) is 0.816. The minimum Gasteiger partial charge on any atom is -0.465 e. The summed E-state index contributed by atoms with van der Waals surface area (Å²) < 4.78 is 30.6. The van der Waals surface area contributed by atoms with Crippen LogP contribution in [0, 0.1) is 5.82 Å². The van der Waals surface area contributed by atoms with Crippen molar-refractivity contribution in [2.75, 3.05) is 13.1 Å². The van der Waals surface area contributed by atoms with Crippen molar-refractivity contribution >= 4 is 6.09 Å². The fourth-order valence-electron chi connectivity index (χ4n) is 3.52. The van der Waals surface area contributed by atoms with E-state index in [-0.39, 0.29) is 25.3 Å². The van der Waals surface area contributed by atoms with Crippen molar-refractivity contribution < 1.29 is 18.7 Å². The van der Waals surface area contributed by atoms with E-state index in [0.717, 1.165) is 4.90 Å². The number of rotatable bonds is 3. The summed E-state index contributed by atoms with van der Waals surface area (Å²) in [6.07, 6.45) is 2.10. The Balaban J connectivity index is 1.82. The van der Waals surface area contributed by atoms with E-state index < -0.39 is 11.8 Å². The third kappa shape index (κ3) is 3.21. The molecule has 1 aliphatic heterocycles. The minimum absolute atomic E-state index is 0.0523. The highest BCUT2D eigenvalue weighted by Gasteiger charge is 2.44. The zero-order valence-electron chi connectivity index (χ0n) is 15.1. The number of hydrogen-bond donors (Lipinski definition) is 1. The smallest absolute Gasteiger partial charge is 0.407 e. The predicted octanol–water partition coefficient (Wildman–Crippen LogP) is 3.84. The van der Waals surface area contributed by atoms with Crippen LogP contribution < -0.4 is 0 Å². The number of hydrogen-bond acceptors (Lipinski definition) is 3. The molecule has 1 amide bonds. The summed E-state index contributed by atoms with van der Waals surface area (Å²) in [7, 11) is 1.76. The zero-order chi connectivity index (χ0) is 19.9. The quantitative estimate of drug-likeness (QED) is 0.745. The largest absolute Gasteiger partial charge is 0.465 e. The zero-order valence-corrected chi connectivity index (χ0v) is 15.1. The molecule has 1 aromatic carbocycles. The van der Waals surface area contributed by atoms with Crippen LogP contribution in [-0.2, 0) is 12.7 Å². The van der Waals surface area contributed by atoms with Crippen LogP contribution in [0.4, 0.5) is 13.6 Å². The van der Waals surface area contributed by atoms with E-state index in [9.17, 15) is 14.3 Å². The summed E-state index contributed by atoms with van der Waals surface area (Å²) >= 11 is 0. The van der Waals surface area contributed by atoms with Crippen LogP contribution in [-0.4, -0.2) is 44.0 Å². The standard InChI is InChI=1S/C20H18F2N4O2/c1-25-8-6-17(24-25)15-10-18(13-2-4-14(21)5-3-13)23-11-16(15)20(22)7-9-26(12-20)19(27)28/h2-6,8,10-11H,7,9,12H2,1H3,(H,27,28). The monoisotopic (exact) mass is 384 g/mol. The van der Waals surface area contributed by atoms with Gasteiger partial charge in [0.25, 0.3) is 0 Å². The first-order valence-electron chi connectivity index (χ1n) is 8.79. The Hall–Kier alpha value is -3.29. The van der Waals surface area contributed by atoms with Gasteiger partial charge in [-0.1, -0.05) is 0 Å². The van der Waals surface area contributed by atoms with Crippen LogP contribution in [0.25, 0.3) is 22.5 Å². The van der Waals surface area contributed by atoms with Gasteiger partial charge in [0.15, 0.2) is 5.67 Å². The van der Waals surface area contributed by atoms with Crippen molar-refractivity contribution in [3.63, 3.8) is 0 Å². The first-order chi connectivity index (χ1) is 13.4. The summed E-state index contributed by atoms with van der Waals surface area (Å²) in [4.78, 5) is 16.7. The van der Waals surface area contributed by atoms with Crippen LogP contribution in [0.1, 0.15) is 12.0 Å². The Morgan fingerprint density at radius 1 is 1.21 bits per heavy atom. The molecule has 4 rings (SSSR count). The Labute approximate surface area is 160 Å². The summed E-state index contributed by atoms with van der Waals surface area (Å²) in [6, 6.07) is 9.36. The molecule has 1 atom stereocenters. The molecule has 144 valence electrons. The molecule has 1 unspecified atom stereocenters. The number of carboxylic acid groups (broad SMARTS) is 1. The van der Waals surface area contributed by atoms with Gasteiger partial charge in [0.05, 0.1) is 17.9 Å². The molecule has 3 aromatic rings. The predicted molar refractivity (Wildman–Crippen MR) is 98.8 cm³/mol. The van der Waals surface area contributed by atoms with Crippen molar-refractivity contribution in [2.24, 2.45) is 7.05 Å². The highest BCUT2D eigenvalue weighted by molar-refractivity contribution is 5.72. The number of halogens is 2. The molecule has 0 spiro atoms. The maximum atomic E-state index is 15.8. The Kier molecular flexibility index (Phi) is 4.33. The van der Waals surface area contributed by atoms with Crippen molar-refractivity contribution in [3.05, 3.63) is 60.2 Å². The number of likely N-dealkylation sites (tertiary alicyclic amines) is 1. The third-order valence-electron chi connectivity index (χ3n) is 5.01. The van der Waals surface area contributed by atoms with Gasteiger partial charge in [-0.2, -0.15) is 5.10 Å². The highest BCUT2D eigenvalue weighted by Crippen LogP contribution is 2.41. The van der Waals surface area contributed by atoms with Gasteiger partial charge in [-0.25, -0.2) is 13.6 Å². The molecule has 28 heavy (non-hydrogen) atoms. The van der Waals surface area contributed by atoms with Crippen LogP contribution in [0.5, 0.6) is 0 Å². The molecule has 8 heteroatoms. The third-order valence-corrected chi connectivity index (χ3v) is 5.01. The van der Waals surface area contributed by atoms with Gasteiger partial charge >= 0.3 is 6.09 Å². The molecule has 1 aliphatic rings. The summed E-state index contributed by atoms with van der Waals surface area (Å²) in [5, 5.41) is 13.6. The van der Waals surface area contributed by atoms with E-state index in [0.29, 0.717) is 28.1 Å². The fourth-order valence-corrected chi connectivity index (χ4v) is 3.52. The lowest BCUT2D eigenvalue weighted by molar-refractivity contribution is 0.134. The van der Waals surface area contributed by atoms with Gasteiger partial charge in [0, 0.05) is 49.1 Å². The average Bonchev–Trinajstić information content (AvgIpc) is 3.29. The number of pyridine rings is 1. The van der Waals surface area contributed by atoms with E-state index in [2.05, 4.69) is 10.1 Å². The lowest BCUT2D eigenvalue weighted by Crippen LogP contribution is -2.31. The molecule has 1 saturated heterocycles. The van der Waals surface area contributed by atoms with Crippen LogP contribution in [0.2, 0.25) is 0 Å². The molecule has 3 heterocycles. The minimum atomic E-state index is -1.85. The SMILES string of the molecule is Cn1ccc(-c2cc(-c3ccc(F)cc3)ncc2C2(F)CCN(C(=O)O)C2)n1. The molecule has 0 radical (unpaired) electrons. The topological polar surface area (TPSA) is 71.2 Å². The van der Waals surface area contributed by atoms with E-state index in [1.807, 2.05) is 0 Å². The summed E-state index contributed by atoms with van der Waals surface area (Å²) in [6.45, 7) is -0.132. The molecule has 1 fully saturated rings. The van der Waals surface area contributed by atoms with Gasteiger partial charge in [0.2, 0.25) is 0 Å². The molecule has 0 bridgehead atoms. The van der Waals surface area contributed by atoms with Crippen LogP contribution >= 0.6 is 0 Å². The Morgan fingerprint density at radius 3 is 2.57 bits per heavy atom. The van der Waals surface area contributed by atoms with Gasteiger partial charge in [-0.15, -0.1) is 0 Å². The molecular formula is C20H18F2N4O2. The number of amides is 1. The Bertz CT molecular complexity index is 1030. The van der Waals surface area contributed by atoms with Gasteiger partial charge < -0.3 is 10.0 Å². The maximum Gasteiger partial charge on any atom is 0.407 e. The average molecular weight is 384 g/mol. The van der Waals surface area contributed by atoms with Crippen molar-refractivity contribution in [3.8, 4) is 22.5 Å². The van der Waals surface area contributed by atoms with Crippen LogP contribution in [0.3, 0.4) is 0 Å². The fraction of sp³-hybridized carbons (Fsp3) is 0.250. The van der Waals surface area contributed by atoms with Gasteiger partial charge in [0.1, 0.15) is 5.82 Å². The first kappa shape index (κ1) is 18.1.